The van der Waals surface area contributed by atoms with Gasteiger partial charge in [-0.15, -0.1) is 11.3 Å². The lowest BCUT2D eigenvalue weighted by Crippen LogP contribution is -2.47. The Balaban J connectivity index is 1.71. The Hall–Kier alpha value is -2.61. The Kier molecular flexibility index (Phi) is 5.95. The lowest BCUT2D eigenvalue weighted by Gasteiger charge is -2.28. The zero-order chi connectivity index (χ0) is 19.3. The van der Waals surface area contributed by atoms with Crippen LogP contribution in [-0.2, 0) is 11.4 Å². The van der Waals surface area contributed by atoms with Gasteiger partial charge in [0.2, 0.25) is 0 Å². The van der Waals surface area contributed by atoms with E-state index in [1.165, 1.54) is 18.4 Å². The molecule has 2 aromatic rings. The molecule has 1 amide bonds. The first kappa shape index (κ1) is 19.2. The molecule has 1 saturated carbocycles. The Labute approximate surface area is 161 Å². The third-order valence-corrected chi connectivity index (χ3v) is 5.35. The number of aromatic nitrogens is 1. The molecule has 1 fully saturated rings. The number of hydrogen-bond donors (Lipinski definition) is 2. The quantitative estimate of drug-likeness (QED) is 0.718. The monoisotopic (exact) mass is 390 g/mol. The standard InChI is InChI=1S/C19H22N2O5S/c1-25-16-8-13(4-5-15(16)26-10-14-11-27-12-20-14)18(24)21-19(9-17(22)23)6-2-3-7-19/h4-5,8,11-12H,2-3,6-7,9-10H2,1H3,(H,21,24)(H,22,23). The van der Waals surface area contributed by atoms with Gasteiger partial charge >= 0.3 is 5.97 Å². The summed E-state index contributed by atoms with van der Waals surface area (Å²) in [6, 6.07) is 4.94. The van der Waals surface area contributed by atoms with E-state index in [0.29, 0.717) is 36.5 Å². The molecule has 144 valence electrons. The Morgan fingerprint density at radius 2 is 2.07 bits per heavy atom. The maximum absolute atomic E-state index is 12.7. The Bertz CT molecular complexity index is 800. The van der Waals surface area contributed by atoms with Gasteiger partial charge in [-0.2, -0.15) is 0 Å². The molecular formula is C19H22N2O5S. The van der Waals surface area contributed by atoms with Crippen molar-refractivity contribution in [3.05, 3.63) is 40.3 Å². The highest BCUT2D eigenvalue weighted by Gasteiger charge is 2.37. The molecule has 0 spiro atoms. The van der Waals surface area contributed by atoms with Crippen LogP contribution in [0.3, 0.4) is 0 Å². The van der Waals surface area contributed by atoms with Gasteiger partial charge in [-0.25, -0.2) is 4.98 Å². The van der Waals surface area contributed by atoms with Crippen molar-refractivity contribution in [3.8, 4) is 11.5 Å². The minimum atomic E-state index is -0.902. The second-order valence-corrected chi connectivity index (χ2v) is 7.36. The molecule has 8 heteroatoms. The minimum Gasteiger partial charge on any atom is -0.493 e. The normalized spacial score (nSPS) is 15.3. The molecule has 1 heterocycles. The second kappa shape index (κ2) is 8.39. The number of methoxy groups -OCH3 is 1. The predicted octanol–water partition coefficient (Wildman–Crippen LogP) is 3.25. The number of carbonyl (C=O) groups excluding carboxylic acids is 1. The third-order valence-electron chi connectivity index (χ3n) is 4.71. The summed E-state index contributed by atoms with van der Waals surface area (Å²) in [6.45, 7) is 0.313. The number of ether oxygens (including phenoxy) is 2. The average molecular weight is 390 g/mol. The van der Waals surface area contributed by atoms with E-state index in [2.05, 4.69) is 10.3 Å². The first-order valence-electron chi connectivity index (χ1n) is 8.73. The summed E-state index contributed by atoms with van der Waals surface area (Å²) >= 11 is 1.49. The Morgan fingerprint density at radius 1 is 1.30 bits per heavy atom. The number of carboxylic acid groups (broad SMARTS) is 1. The first-order chi connectivity index (χ1) is 13.0. The van der Waals surface area contributed by atoms with Crippen LogP contribution < -0.4 is 14.8 Å². The fourth-order valence-corrected chi connectivity index (χ4v) is 3.93. The number of nitrogens with one attached hydrogen (secondary N) is 1. The first-order valence-corrected chi connectivity index (χ1v) is 9.68. The van der Waals surface area contributed by atoms with E-state index >= 15 is 0 Å². The van der Waals surface area contributed by atoms with Gasteiger partial charge in [0.05, 0.1) is 30.3 Å². The van der Waals surface area contributed by atoms with Crippen LogP contribution >= 0.6 is 11.3 Å². The molecule has 1 aliphatic carbocycles. The molecule has 1 aromatic heterocycles. The molecule has 0 unspecified atom stereocenters. The highest BCUT2D eigenvalue weighted by Crippen LogP contribution is 2.34. The molecule has 2 N–H and O–H groups in total. The molecular weight excluding hydrogens is 368 g/mol. The highest BCUT2D eigenvalue weighted by molar-refractivity contribution is 7.07. The largest absolute Gasteiger partial charge is 0.493 e. The van der Waals surface area contributed by atoms with Crippen molar-refractivity contribution in [2.24, 2.45) is 0 Å². The van der Waals surface area contributed by atoms with Gasteiger partial charge in [0.15, 0.2) is 11.5 Å². The number of hydrogen-bond acceptors (Lipinski definition) is 6. The molecule has 0 bridgehead atoms. The summed E-state index contributed by atoms with van der Waals surface area (Å²) in [5.74, 6) is -0.247. The zero-order valence-corrected chi connectivity index (χ0v) is 15.9. The van der Waals surface area contributed by atoms with Crippen molar-refractivity contribution in [1.29, 1.82) is 0 Å². The number of thiazole rings is 1. The van der Waals surface area contributed by atoms with E-state index in [4.69, 9.17) is 9.47 Å². The SMILES string of the molecule is COc1cc(C(=O)NC2(CC(=O)O)CCCC2)ccc1OCc1cscn1. The van der Waals surface area contributed by atoms with E-state index < -0.39 is 11.5 Å². The number of rotatable bonds is 8. The van der Waals surface area contributed by atoms with Gasteiger partial charge in [0, 0.05) is 10.9 Å². The van der Waals surface area contributed by atoms with Gasteiger partial charge in [-0.05, 0) is 31.0 Å². The molecule has 1 aromatic carbocycles. The summed E-state index contributed by atoms with van der Waals surface area (Å²) < 4.78 is 11.1. The summed E-state index contributed by atoms with van der Waals surface area (Å²) in [7, 11) is 1.51. The maximum atomic E-state index is 12.7. The predicted molar refractivity (Wildman–Crippen MR) is 100 cm³/mol. The average Bonchev–Trinajstić information content (AvgIpc) is 3.31. The van der Waals surface area contributed by atoms with Crippen LogP contribution in [0.5, 0.6) is 11.5 Å². The van der Waals surface area contributed by atoms with Crippen molar-refractivity contribution < 1.29 is 24.2 Å². The summed E-state index contributed by atoms with van der Waals surface area (Å²) in [5.41, 5.74) is 2.29. The number of nitrogens with zero attached hydrogens (tertiary/aromatic N) is 1. The van der Waals surface area contributed by atoms with Crippen LogP contribution in [0.2, 0.25) is 0 Å². The van der Waals surface area contributed by atoms with Crippen LogP contribution in [0.4, 0.5) is 0 Å². The molecule has 0 radical (unpaired) electrons. The Morgan fingerprint density at radius 3 is 2.70 bits per heavy atom. The molecule has 0 atom stereocenters. The fraction of sp³-hybridized carbons (Fsp3) is 0.421. The number of carbonyl (C=O) groups is 2. The smallest absolute Gasteiger partial charge is 0.305 e. The van der Waals surface area contributed by atoms with Gasteiger partial charge in [0.25, 0.3) is 5.91 Å². The number of carboxylic acids is 1. The summed E-state index contributed by atoms with van der Waals surface area (Å²) in [4.78, 5) is 28.1. The van der Waals surface area contributed by atoms with Gasteiger partial charge in [0.1, 0.15) is 6.61 Å². The topological polar surface area (TPSA) is 97.8 Å². The van der Waals surface area contributed by atoms with Crippen molar-refractivity contribution in [3.63, 3.8) is 0 Å². The van der Waals surface area contributed by atoms with Crippen LogP contribution in [0.25, 0.3) is 0 Å². The van der Waals surface area contributed by atoms with Gasteiger partial charge in [-0.1, -0.05) is 12.8 Å². The molecule has 0 saturated heterocycles. The second-order valence-electron chi connectivity index (χ2n) is 6.65. The number of benzene rings is 1. The minimum absolute atomic E-state index is 0.0648. The molecule has 27 heavy (non-hydrogen) atoms. The number of amides is 1. The lowest BCUT2D eigenvalue weighted by molar-refractivity contribution is -0.138. The lowest BCUT2D eigenvalue weighted by atomic mass is 9.92. The molecule has 3 rings (SSSR count). The molecule has 0 aliphatic heterocycles. The van der Waals surface area contributed by atoms with E-state index in [0.717, 1.165) is 18.5 Å². The van der Waals surface area contributed by atoms with E-state index in [-0.39, 0.29) is 12.3 Å². The zero-order valence-electron chi connectivity index (χ0n) is 15.1. The van der Waals surface area contributed by atoms with Crippen molar-refractivity contribution >= 4 is 23.2 Å². The van der Waals surface area contributed by atoms with Gasteiger partial charge < -0.3 is 19.9 Å². The number of aliphatic carboxylic acids is 1. The maximum Gasteiger partial charge on any atom is 0.305 e. The summed E-state index contributed by atoms with van der Waals surface area (Å²) in [6.07, 6.45) is 3.12. The van der Waals surface area contributed by atoms with Crippen molar-refractivity contribution in [1.82, 2.24) is 10.3 Å². The van der Waals surface area contributed by atoms with E-state index in [1.807, 2.05) is 5.38 Å². The van der Waals surface area contributed by atoms with Crippen LogP contribution in [0, 0.1) is 0 Å². The van der Waals surface area contributed by atoms with Crippen LogP contribution in [-0.4, -0.2) is 34.6 Å². The van der Waals surface area contributed by atoms with Crippen LogP contribution in [0.15, 0.2) is 29.1 Å². The highest BCUT2D eigenvalue weighted by atomic mass is 32.1. The van der Waals surface area contributed by atoms with E-state index in [9.17, 15) is 14.7 Å². The van der Waals surface area contributed by atoms with Gasteiger partial charge in [-0.3, -0.25) is 9.59 Å². The third kappa shape index (κ3) is 4.77. The summed E-state index contributed by atoms with van der Waals surface area (Å²) in [5, 5.41) is 14.0. The van der Waals surface area contributed by atoms with Crippen LogP contribution in [0.1, 0.15) is 48.2 Å². The van der Waals surface area contributed by atoms with Crippen molar-refractivity contribution in [2.45, 2.75) is 44.2 Å². The van der Waals surface area contributed by atoms with Crippen molar-refractivity contribution in [2.75, 3.05) is 7.11 Å². The van der Waals surface area contributed by atoms with E-state index in [1.54, 1.807) is 23.7 Å². The fourth-order valence-electron chi connectivity index (χ4n) is 3.39. The molecule has 7 nitrogen and oxygen atoms in total. The molecule has 1 aliphatic rings.